The van der Waals surface area contributed by atoms with Gasteiger partial charge in [0.25, 0.3) is 11.8 Å². The Labute approximate surface area is 173 Å². The summed E-state index contributed by atoms with van der Waals surface area (Å²) in [6.45, 7) is 12.7. The number of hydrogen-bond acceptors (Lipinski definition) is 4. The number of hydrogen-bond donors (Lipinski definition) is 1. The molecule has 6 heteroatoms. The van der Waals surface area contributed by atoms with E-state index in [1.54, 1.807) is 42.6 Å². The summed E-state index contributed by atoms with van der Waals surface area (Å²) in [5.74, 6) is 0.121. The third-order valence-corrected chi connectivity index (χ3v) is 4.74. The molecule has 2 rings (SSSR count). The van der Waals surface area contributed by atoms with Crippen molar-refractivity contribution in [3.63, 3.8) is 0 Å². The summed E-state index contributed by atoms with van der Waals surface area (Å²) in [4.78, 5) is 33.7. The van der Waals surface area contributed by atoms with Crippen LogP contribution in [0.2, 0.25) is 0 Å². The maximum Gasteiger partial charge on any atom is 0.257 e. The maximum atomic E-state index is 13.2. The van der Waals surface area contributed by atoms with Crippen LogP contribution in [0.25, 0.3) is 0 Å². The Morgan fingerprint density at radius 3 is 2.38 bits per heavy atom. The molecule has 0 atom stereocenters. The van der Waals surface area contributed by atoms with Crippen molar-refractivity contribution in [3.8, 4) is 0 Å². The summed E-state index contributed by atoms with van der Waals surface area (Å²) in [6, 6.07) is 10.5. The van der Waals surface area contributed by atoms with E-state index in [1.165, 1.54) is 6.20 Å². The summed E-state index contributed by atoms with van der Waals surface area (Å²) < 4.78 is 0. The van der Waals surface area contributed by atoms with E-state index in [2.05, 4.69) is 42.9 Å². The molecule has 0 fully saturated rings. The Kier molecular flexibility index (Phi) is 8.80. The standard InChI is InChI=1S/C23H32N4O2/c1-5-26(6-2)13-14-27(17-18(3)4)23(29)19-9-7-11-21(15-19)25-22(28)20-10-8-12-24-16-20/h7-12,15-16,18H,5-6,13-14,17H2,1-4H3,(H,25,28). The van der Waals surface area contributed by atoms with Gasteiger partial charge in [-0.2, -0.15) is 0 Å². The topological polar surface area (TPSA) is 65.5 Å². The van der Waals surface area contributed by atoms with Gasteiger partial charge in [0, 0.05) is 43.3 Å². The Morgan fingerprint density at radius 1 is 1.03 bits per heavy atom. The number of likely N-dealkylation sites (N-methyl/N-ethyl adjacent to an activating group) is 1. The van der Waals surface area contributed by atoms with E-state index in [9.17, 15) is 9.59 Å². The van der Waals surface area contributed by atoms with Crippen molar-refractivity contribution in [2.24, 2.45) is 5.92 Å². The molecule has 0 spiro atoms. The number of aromatic nitrogens is 1. The van der Waals surface area contributed by atoms with Gasteiger partial charge in [-0.25, -0.2) is 0 Å². The molecule has 1 N–H and O–H groups in total. The van der Waals surface area contributed by atoms with E-state index in [0.29, 0.717) is 35.8 Å². The second kappa shape index (κ2) is 11.3. The van der Waals surface area contributed by atoms with Gasteiger partial charge in [0.2, 0.25) is 0 Å². The number of benzene rings is 1. The number of amides is 2. The fraction of sp³-hybridized carbons (Fsp3) is 0.435. The van der Waals surface area contributed by atoms with Crippen LogP contribution in [0.15, 0.2) is 48.8 Å². The fourth-order valence-corrected chi connectivity index (χ4v) is 3.13. The highest BCUT2D eigenvalue weighted by atomic mass is 16.2. The summed E-state index contributed by atoms with van der Waals surface area (Å²) in [7, 11) is 0. The molecule has 0 bridgehead atoms. The van der Waals surface area contributed by atoms with Crippen molar-refractivity contribution in [3.05, 3.63) is 59.9 Å². The number of pyridine rings is 1. The minimum absolute atomic E-state index is 0.0108. The normalized spacial score (nSPS) is 11.0. The molecule has 2 aromatic rings. The number of carbonyl (C=O) groups excluding carboxylic acids is 2. The van der Waals surface area contributed by atoms with Crippen LogP contribution in [0.3, 0.4) is 0 Å². The Balaban J connectivity index is 2.12. The molecule has 6 nitrogen and oxygen atoms in total. The first-order valence-electron chi connectivity index (χ1n) is 10.3. The van der Waals surface area contributed by atoms with Crippen LogP contribution in [0, 0.1) is 5.92 Å². The zero-order chi connectivity index (χ0) is 21.2. The first-order chi connectivity index (χ1) is 13.9. The van der Waals surface area contributed by atoms with Crippen LogP contribution in [-0.2, 0) is 0 Å². The monoisotopic (exact) mass is 396 g/mol. The zero-order valence-corrected chi connectivity index (χ0v) is 17.9. The van der Waals surface area contributed by atoms with Crippen LogP contribution < -0.4 is 5.32 Å². The van der Waals surface area contributed by atoms with Gasteiger partial charge in [-0.05, 0) is 49.3 Å². The summed E-state index contributed by atoms with van der Waals surface area (Å²) >= 11 is 0. The van der Waals surface area contributed by atoms with E-state index in [0.717, 1.165) is 19.6 Å². The molecule has 1 heterocycles. The second-order valence-corrected chi connectivity index (χ2v) is 7.45. The average Bonchev–Trinajstić information content (AvgIpc) is 2.73. The van der Waals surface area contributed by atoms with Gasteiger partial charge in [-0.15, -0.1) is 0 Å². The molecule has 0 saturated heterocycles. The lowest BCUT2D eigenvalue weighted by Crippen LogP contribution is -2.40. The fourth-order valence-electron chi connectivity index (χ4n) is 3.13. The van der Waals surface area contributed by atoms with Crippen LogP contribution in [0.1, 0.15) is 48.4 Å². The predicted octanol–water partition coefficient (Wildman–Crippen LogP) is 3.77. The van der Waals surface area contributed by atoms with Crippen molar-refractivity contribution in [1.82, 2.24) is 14.8 Å². The lowest BCUT2D eigenvalue weighted by Gasteiger charge is -2.28. The van der Waals surface area contributed by atoms with E-state index in [1.807, 2.05) is 4.90 Å². The Morgan fingerprint density at radius 2 is 1.76 bits per heavy atom. The van der Waals surface area contributed by atoms with E-state index >= 15 is 0 Å². The molecular weight excluding hydrogens is 364 g/mol. The number of anilines is 1. The highest BCUT2D eigenvalue weighted by Gasteiger charge is 2.18. The maximum absolute atomic E-state index is 13.2. The smallest absolute Gasteiger partial charge is 0.257 e. The first-order valence-corrected chi connectivity index (χ1v) is 10.3. The van der Waals surface area contributed by atoms with Gasteiger partial charge >= 0.3 is 0 Å². The van der Waals surface area contributed by atoms with Gasteiger partial charge in [0.15, 0.2) is 0 Å². The number of carbonyl (C=O) groups is 2. The SMILES string of the molecule is CCN(CC)CCN(CC(C)C)C(=O)c1cccc(NC(=O)c2cccnc2)c1. The summed E-state index contributed by atoms with van der Waals surface area (Å²) in [5, 5.41) is 2.84. The van der Waals surface area contributed by atoms with Crippen molar-refractivity contribution >= 4 is 17.5 Å². The molecule has 29 heavy (non-hydrogen) atoms. The van der Waals surface area contributed by atoms with E-state index < -0.39 is 0 Å². The third-order valence-electron chi connectivity index (χ3n) is 4.74. The molecule has 0 unspecified atom stereocenters. The second-order valence-electron chi connectivity index (χ2n) is 7.45. The number of nitrogens with one attached hydrogen (secondary N) is 1. The molecule has 1 aromatic carbocycles. The molecule has 0 aliphatic carbocycles. The van der Waals surface area contributed by atoms with Gasteiger partial charge in [0.05, 0.1) is 5.56 Å². The highest BCUT2D eigenvalue weighted by Crippen LogP contribution is 2.15. The van der Waals surface area contributed by atoms with Gasteiger partial charge in [-0.3, -0.25) is 14.6 Å². The Hall–Kier alpha value is -2.73. The summed E-state index contributed by atoms with van der Waals surface area (Å²) in [5.41, 5.74) is 1.65. The van der Waals surface area contributed by atoms with Gasteiger partial charge < -0.3 is 15.1 Å². The number of rotatable bonds is 10. The van der Waals surface area contributed by atoms with E-state index in [-0.39, 0.29) is 11.8 Å². The number of nitrogens with zero attached hydrogens (tertiary/aromatic N) is 3. The molecule has 156 valence electrons. The van der Waals surface area contributed by atoms with Gasteiger partial charge in [-0.1, -0.05) is 33.8 Å². The van der Waals surface area contributed by atoms with Crippen LogP contribution in [0.5, 0.6) is 0 Å². The molecule has 0 aliphatic rings. The van der Waals surface area contributed by atoms with Crippen LogP contribution in [-0.4, -0.2) is 59.3 Å². The first kappa shape index (κ1) is 22.6. The van der Waals surface area contributed by atoms with Gasteiger partial charge in [0.1, 0.15) is 0 Å². The van der Waals surface area contributed by atoms with Crippen molar-refractivity contribution in [2.45, 2.75) is 27.7 Å². The quantitative estimate of drug-likeness (QED) is 0.664. The minimum Gasteiger partial charge on any atom is -0.337 e. The van der Waals surface area contributed by atoms with E-state index in [4.69, 9.17) is 0 Å². The van der Waals surface area contributed by atoms with Crippen molar-refractivity contribution in [2.75, 3.05) is 38.0 Å². The summed E-state index contributed by atoms with van der Waals surface area (Å²) in [6.07, 6.45) is 3.14. The lowest BCUT2D eigenvalue weighted by atomic mass is 10.1. The van der Waals surface area contributed by atoms with Crippen LogP contribution in [0.4, 0.5) is 5.69 Å². The molecule has 0 aliphatic heterocycles. The molecule has 0 radical (unpaired) electrons. The molecule has 0 saturated carbocycles. The molecular formula is C23H32N4O2. The Bertz CT molecular complexity index is 788. The molecule has 1 aromatic heterocycles. The third kappa shape index (κ3) is 6.98. The molecule has 2 amide bonds. The van der Waals surface area contributed by atoms with Crippen LogP contribution >= 0.6 is 0 Å². The minimum atomic E-state index is -0.247. The lowest BCUT2D eigenvalue weighted by molar-refractivity contribution is 0.0716. The largest absolute Gasteiger partial charge is 0.337 e. The van der Waals surface area contributed by atoms with Crippen molar-refractivity contribution in [1.29, 1.82) is 0 Å². The van der Waals surface area contributed by atoms with Crippen molar-refractivity contribution < 1.29 is 9.59 Å². The highest BCUT2D eigenvalue weighted by molar-refractivity contribution is 6.04. The average molecular weight is 397 g/mol. The zero-order valence-electron chi connectivity index (χ0n) is 17.9. The predicted molar refractivity (Wildman–Crippen MR) is 117 cm³/mol.